The predicted octanol–water partition coefficient (Wildman–Crippen LogP) is 4.13. The van der Waals surface area contributed by atoms with Crippen LogP contribution in [-0.4, -0.2) is 4.98 Å². The Bertz CT molecular complexity index is 304. The maximum Gasteiger partial charge on any atom is 0.0981 e. The SMILES string of the molecule is CCC(C)(C)c1cnc(C(C)(C)C)s1. The lowest BCUT2D eigenvalue weighted by atomic mass is 9.89. The van der Waals surface area contributed by atoms with Gasteiger partial charge in [0, 0.05) is 21.9 Å². The van der Waals surface area contributed by atoms with Crippen molar-refractivity contribution in [1.29, 1.82) is 0 Å². The molecular formula is C12H21NS. The molecular weight excluding hydrogens is 190 g/mol. The molecule has 0 aliphatic rings. The molecule has 1 aromatic rings. The first-order valence-corrected chi connectivity index (χ1v) is 6.06. The Kier molecular flexibility index (Phi) is 3.05. The minimum Gasteiger partial charge on any atom is -0.249 e. The van der Waals surface area contributed by atoms with E-state index in [9.17, 15) is 0 Å². The highest BCUT2D eigenvalue weighted by Gasteiger charge is 2.24. The van der Waals surface area contributed by atoms with E-state index < -0.39 is 0 Å². The van der Waals surface area contributed by atoms with Crippen LogP contribution in [0.4, 0.5) is 0 Å². The molecule has 0 aliphatic carbocycles. The number of aromatic nitrogens is 1. The molecule has 0 N–H and O–H groups in total. The second-order valence-electron chi connectivity index (χ2n) is 5.52. The average molecular weight is 211 g/mol. The van der Waals surface area contributed by atoms with Gasteiger partial charge in [-0.25, -0.2) is 4.98 Å². The Balaban J connectivity index is 3.00. The molecule has 0 spiro atoms. The van der Waals surface area contributed by atoms with Crippen molar-refractivity contribution in [3.8, 4) is 0 Å². The zero-order valence-corrected chi connectivity index (χ0v) is 11.0. The fourth-order valence-electron chi connectivity index (χ4n) is 1.11. The summed E-state index contributed by atoms with van der Waals surface area (Å²) in [5.74, 6) is 0. The zero-order valence-electron chi connectivity index (χ0n) is 10.1. The minimum absolute atomic E-state index is 0.187. The Morgan fingerprint density at radius 1 is 1.21 bits per heavy atom. The molecule has 14 heavy (non-hydrogen) atoms. The highest BCUT2D eigenvalue weighted by atomic mass is 32.1. The van der Waals surface area contributed by atoms with Crippen LogP contribution in [0.3, 0.4) is 0 Å². The van der Waals surface area contributed by atoms with E-state index in [2.05, 4.69) is 52.7 Å². The van der Waals surface area contributed by atoms with E-state index in [1.807, 2.05) is 11.3 Å². The Hall–Kier alpha value is -0.370. The van der Waals surface area contributed by atoms with E-state index in [1.165, 1.54) is 16.3 Å². The number of thiazole rings is 1. The molecule has 1 rings (SSSR count). The first-order valence-electron chi connectivity index (χ1n) is 5.24. The molecule has 0 radical (unpaired) electrons. The lowest BCUT2D eigenvalue weighted by Crippen LogP contribution is -2.13. The molecule has 2 heteroatoms. The quantitative estimate of drug-likeness (QED) is 0.717. The van der Waals surface area contributed by atoms with Crippen molar-refractivity contribution in [2.75, 3.05) is 0 Å². The van der Waals surface area contributed by atoms with Crippen molar-refractivity contribution in [1.82, 2.24) is 4.98 Å². The van der Waals surface area contributed by atoms with Crippen molar-refractivity contribution >= 4 is 11.3 Å². The molecule has 1 heterocycles. The molecule has 0 bridgehead atoms. The third-order valence-corrected chi connectivity index (χ3v) is 4.49. The molecule has 0 atom stereocenters. The molecule has 0 saturated heterocycles. The Morgan fingerprint density at radius 2 is 1.79 bits per heavy atom. The number of hydrogen-bond donors (Lipinski definition) is 0. The minimum atomic E-state index is 0.187. The average Bonchev–Trinajstić information content (AvgIpc) is 2.51. The third kappa shape index (κ3) is 2.35. The van der Waals surface area contributed by atoms with E-state index >= 15 is 0 Å². The van der Waals surface area contributed by atoms with E-state index in [4.69, 9.17) is 0 Å². The van der Waals surface area contributed by atoms with E-state index in [0.29, 0.717) is 0 Å². The lowest BCUT2D eigenvalue weighted by molar-refractivity contribution is 0.516. The monoisotopic (exact) mass is 211 g/mol. The van der Waals surface area contributed by atoms with Crippen LogP contribution >= 0.6 is 11.3 Å². The van der Waals surface area contributed by atoms with Crippen molar-refractivity contribution in [2.45, 2.75) is 58.8 Å². The van der Waals surface area contributed by atoms with Crippen LogP contribution < -0.4 is 0 Å². The van der Waals surface area contributed by atoms with E-state index in [-0.39, 0.29) is 10.8 Å². The van der Waals surface area contributed by atoms with E-state index in [0.717, 1.165) is 0 Å². The van der Waals surface area contributed by atoms with Gasteiger partial charge in [-0.3, -0.25) is 0 Å². The van der Waals surface area contributed by atoms with Gasteiger partial charge in [-0.05, 0) is 6.42 Å². The van der Waals surface area contributed by atoms with Crippen LogP contribution in [0.15, 0.2) is 6.20 Å². The van der Waals surface area contributed by atoms with Gasteiger partial charge in [-0.1, -0.05) is 41.5 Å². The Labute approximate surface area is 91.6 Å². The van der Waals surface area contributed by atoms with Crippen molar-refractivity contribution in [3.63, 3.8) is 0 Å². The second kappa shape index (κ2) is 3.65. The third-order valence-electron chi connectivity index (χ3n) is 2.70. The molecule has 0 unspecified atom stereocenters. The highest BCUT2D eigenvalue weighted by molar-refractivity contribution is 7.11. The second-order valence-corrected chi connectivity index (χ2v) is 6.55. The van der Waals surface area contributed by atoms with Crippen LogP contribution in [0.25, 0.3) is 0 Å². The standard InChI is InChI=1S/C12H21NS/c1-7-12(5,6)9-8-13-10(14-9)11(2,3)4/h8H,7H2,1-6H3. The van der Waals surface area contributed by atoms with Gasteiger partial charge < -0.3 is 0 Å². The first-order chi connectivity index (χ1) is 6.27. The topological polar surface area (TPSA) is 12.9 Å². The summed E-state index contributed by atoms with van der Waals surface area (Å²) in [6.45, 7) is 13.5. The van der Waals surface area contributed by atoms with Crippen LogP contribution in [0.5, 0.6) is 0 Å². The van der Waals surface area contributed by atoms with Crippen molar-refractivity contribution < 1.29 is 0 Å². The lowest BCUT2D eigenvalue weighted by Gasteiger charge is -2.20. The van der Waals surface area contributed by atoms with Crippen molar-refractivity contribution in [2.24, 2.45) is 0 Å². The maximum atomic E-state index is 4.52. The molecule has 0 amide bonds. The first kappa shape index (κ1) is 11.7. The van der Waals surface area contributed by atoms with Gasteiger partial charge in [0.1, 0.15) is 0 Å². The number of rotatable bonds is 2. The summed E-state index contributed by atoms with van der Waals surface area (Å²) in [6.07, 6.45) is 3.22. The number of nitrogens with zero attached hydrogens (tertiary/aromatic N) is 1. The summed E-state index contributed by atoms with van der Waals surface area (Å²) in [4.78, 5) is 5.93. The van der Waals surface area contributed by atoms with Gasteiger partial charge in [0.05, 0.1) is 5.01 Å². The van der Waals surface area contributed by atoms with Gasteiger partial charge >= 0.3 is 0 Å². The van der Waals surface area contributed by atoms with Crippen LogP contribution in [0.1, 0.15) is 57.8 Å². The van der Waals surface area contributed by atoms with Gasteiger partial charge in [0.25, 0.3) is 0 Å². The summed E-state index contributed by atoms with van der Waals surface area (Å²) in [6, 6.07) is 0. The summed E-state index contributed by atoms with van der Waals surface area (Å²) in [5, 5.41) is 1.24. The Morgan fingerprint density at radius 3 is 2.14 bits per heavy atom. The highest BCUT2D eigenvalue weighted by Crippen LogP contribution is 2.35. The van der Waals surface area contributed by atoms with Gasteiger partial charge in [-0.15, -0.1) is 11.3 Å². The summed E-state index contributed by atoms with van der Waals surface area (Å²) in [7, 11) is 0. The van der Waals surface area contributed by atoms with Gasteiger partial charge in [0.2, 0.25) is 0 Å². The molecule has 80 valence electrons. The smallest absolute Gasteiger partial charge is 0.0981 e. The van der Waals surface area contributed by atoms with Crippen molar-refractivity contribution in [3.05, 3.63) is 16.1 Å². The van der Waals surface area contributed by atoms with Crippen LogP contribution in [-0.2, 0) is 10.8 Å². The van der Waals surface area contributed by atoms with Crippen LogP contribution in [0.2, 0.25) is 0 Å². The summed E-state index contributed by atoms with van der Waals surface area (Å²) < 4.78 is 0. The van der Waals surface area contributed by atoms with Crippen LogP contribution in [0, 0.1) is 0 Å². The van der Waals surface area contributed by atoms with Gasteiger partial charge in [0.15, 0.2) is 0 Å². The molecule has 0 aliphatic heterocycles. The fraction of sp³-hybridized carbons (Fsp3) is 0.750. The fourth-order valence-corrected chi connectivity index (χ4v) is 2.25. The molecule has 1 aromatic heterocycles. The zero-order chi connectivity index (χ0) is 11.0. The molecule has 0 aromatic carbocycles. The number of hydrogen-bond acceptors (Lipinski definition) is 2. The molecule has 0 fully saturated rings. The molecule has 0 saturated carbocycles. The maximum absolute atomic E-state index is 4.52. The predicted molar refractivity (Wildman–Crippen MR) is 64.1 cm³/mol. The summed E-state index contributed by atoms with van der Waals surface area (Å²) >= 11 is 1.86. The largest absolute Gasteiger partial charge is 0.249 e. The van der Waals surface area contributed by atoms with Gasteiger partial charge in [-0.2, -0.15) is 0 Å². The summed E-state index contributed by atoms with van der Waals surface area (Å²) in [5.41, 5.74) is 0.466. The van der Waals surface area contributed by atoms with E-state index in [1.54, 1.807) is 0 Å². The normalized spacial score (nSPS) is 13.3. The molecule has 1 nitrogen and oxygen atoms in total.